The van der Waals surface area contributed by atoms with Gasteiger partial charge in [-0.05, 0) is 24.1 Å². The van der Waals surface area contributed by atoms with E-state index in [1.54, 1.807) is 19.1 Å². The zero-order valence-corrected chi connectivity index (χ0v) is 12.9. The molecule has 2 aromatic carbocycles. The van der Waals surface area contributed by atoms with Crippen LogP contribution in [0.5, 0.6) is 0 Å². The molecule has 4 heteroatoms. The number of carboxylic acids is 1. The molecule has 2 aromatic rings. The van der Waals surface area contributed by atoms with Crippen molar-refractivity contribution in [1.29, 1.82) is 0 Å². The molecule has 19 heavy (non-hydrogen) atoms. The quantitative estimate of drug-likeness (QED) is 0.836. The van der Waals surface area contributed by atoms with Crippen LogP contribution in [0.25, 0.3) is 11.1 Å². The summed E-state index contributed by atoms with van der Waals surface area (Å²) in [6.45, 7) is 1.54. The van der Waals surface area contributed by atoms with Crippen LogP contribution in [0, 0.1) is 5.82 Å². The third-order valence-electron chi connectivity index (χ3n) is 2.95. The maximum absolute atomic E-state index is 14.0. The summed E-state index contributed by atoms with van der Waals surface area (Å²) in [6.07, 6.45) is 0. The van der Waals surface area contributed by atoms with Crippen LogP contribution < -0.4 is 29.6 Å². The SMILES string of the molecule is CC(C(=O)O)c1ccc(-c2ccccc2)c(F)c1.[H-].[Na+]. The number of carboxylic acid groups (broad SMARTS) is 1. The van der Waals surface area contributed by atoms with E-state index in [9.17, 15) is 9.18 Å². The van der Waals surface area contributed by atoms with Crippen LogP contribution >= 0.6 is 0 Å². The fourth-order valence-electron chi connectivity index (χ4n) is 1.80. The van der Waals surface area contributed by atoms with E-state index in [0.29, 0.717) is 11.1 Å². The monoisotopic (exact) mass is 268 g/mol. The second-order valence-corrected chi connectivity index (χ2v) is 4.17. The summed E-state index contributed by atoms with van der Waals surface area (Å²) in [5, 5.41) is 8.89. The normalized spacial score (nSPS) is 11.5. The Balaban J connectivity index is 0.00000180. The van der Waals surface area contributed by atoms with Gasteiger partial charge in [-0.1, -0.05) is 42.5 Å². The first-order valence-electron chi connectivity index (χ1n) is 5.67. The van der Waals surface area contributed by atoms with Crippen molar-refractivity contribution in [3.8, 4) is 11.1 Å². The topological polar surface area (TPSA) is 37.3 Å². The Labute approximate surface area is 135 Å². The van der Waals surface area contributed by atoms with Gasteiger partial charge >= 0.3 is 35.5 Å². The molecule has 94 valence electrons. The van der Waals surface area contributed by atoms with E-state index in [4.69, 9.17) is 5.11 Å². The molecule has 0 fully saturated rings. The fourth-order valence-corrected chi connectivity index (χ4v) is 1.80. The van der Waals surface area contributed by atoms with E-state index in [0.717, 1.165) is 5.56 Å². The van der Waals surface area contributed by atoms with Gasteiger partial charge in [-0.2, -0.15) is 0 Å². The number of aliphatic carboxylic acids is 1. The summed E-state index contributed by atoms with van der Waals surface area (Å²) in [6, 6.07) is 13.7. The smallest absolute Gasteiger partial charge is 1.00 e. The van der Waals surface area contributed by atoms with Crippen molar-refractivity contribution in [2.24, 2.45) is 0 Å². The van der Waals surface area contributed by atoms with Crippen molar-refractivity contribution in [2.75, 3.05) is 0 Å². The van der Waals surface area contributed by atoms with Crippen molar-refractivity contribution in [3.05, 3.63) is 59.9 Å². The molecule has 0 aliphatic carbocycles. The average molecular weight is 268 g/mol. The Morgan fingerprint density at radius 3 is 2.37 bits per heavy atom. The summed E-state index contributed by atoms with van der Waals surface area (Å²) in [7, 11) is 0. The number of benzene rings is 2. The minimum atomic E-state index is -0.957. The molecule has 0 aromatic heterocycles. The molecule has 0 amide bonds. The predicted octanol–water partition coefficient (Wildman–Crippen LogP) is 0.797. The zero-order valence-electron chi connectivity index (χ0n) is 11.9. The van der Waals surface area contributed by atoms with Gasteiger partial charge in [-0.25, -0.2) is 4.39 Å². The molecular formula is C15H14FNaO2. The van der Waals surface area contributed by atoms with Gasteiger partial charge in [0.1, 0.15) is 5.82 Å². The van der Waals surface area contributed by atoms with Gasteiger partial charge in [0.25, 0.3) is 0 Å². The number of hydrogen-bond donors (Lipinski definition) is 1. The van der Waals surface area contributed by atoms with Crippen molar-refractivity contribution in [2.45, 2.75) is 12.8 Å². The Morgan fingerprint density at radius 2 is 1.84 bits per heavy atom. The third-order valence-corrected chi connectivity index (χ3v) is 2.95. The first kappa shape index (κ1) is 15.9. The van der Waals surface area contributed by atoms with E-state index in [2.05, 4.69) is 0 Å². The van der Waals surface area contributed by atoms with E-state index in [1.165, 1.54) is 6.07 Å². The van der Waals surface area contributed by atoms with Gasteiger partial charge in [-0.3, -0.25) is 4.79 Å². The van der Waals surface area contributed by atoms with Crippen molar-refractivity contribution in [3.63, 3.8) is 0 Å². The molecule has 1 unspecified atom stereocenters. The standard InChI is InChI=1S/C15H13FO2.Na.H/c1-10(15(17)18)12-7-8-13(14(16)9-12)11-5-3-2-4-6-11;;/h2-10H,1H3,(H,17,18);;/q;+1;-1. The molecule has 2 nitrogen and oxygen atoms in total. The molecule has 1 atom stereocenters. The third kappa shape index (κ3) is 3.66. The maximum Gasteiger partial charge on any atom is 1.00 e. The van der Waals surface area contributed by atoms with Gasteiger partial charge in [0.15, 0.2) is 0 Å². The summed E-state index contributed by atoms with van der Waals surface area (Å²) in [4.78, 5) is 10.8. The second kappa shape index (κ2) is 6.85. The summed E-state index contributed by atoms with van der Waals surface area (Å²) in [5.41, 5.74) is 1.74. The first-order chi connectivity index (χ1) is 8.59. The number of rotatable bonds is 3. The van der Waals surface area contributed by atoms with Gasteiger partial charge in [0.05, 0.1) is 5.92 Å². The molecule has 0 spiro atoms. The average Bonchev–Trinajstić information content (AvgIpc) is 2.38. The minimum absolute atomic E-state index is 0. The molecule has 0 heterocycles. The molecule has 0 aliphatic rings. The van der Waals surface area contributed by atoms with Crippen molar-refractivity contribution < 1.29 is 45.3 Å². The Bertz CT molecular complexity index is 575. The molecule has 2 rings (SSSR count). The van der Waals surface area contributed by atoms with Crippen LogP contribution in [0.4, 0.5) is 4.39 Å². The van der Waals surface area contributed by atoms with Gasteiger partial charge in [0, 0.05) is 5.56 Å². The molecule has 0 radical (unpaired) electrons. The van der Waals surface area contributed by atoms with Crippen molar-refractivity contribution in [1.82, 2.24) is 0 Å². The van der Waals surface area contributed by atoms with Crippen LogP contribution in [0.15, 0.2) is 48.5 Å². The van der Waals surface area contributed by atoms with Crippen LogP contribution in [-0.4, -0.2) is 11.1 Å². The van der Waals surface area contributed by atoms with Gasteiger partial charge in [-0.15, -0.1) is 0 Å². The number of carbonyl (C=O) groups is 1. The molecule has 0 aliphatic heterocycles. The van der Waals surface area contributed by atoms with E-state index >= 15 is 0 Å². The Morgan fingerprint density at radius 1 is 1.21 bits per heavy atom. The Kier molecular flexibility index (Phi) is 5.73. The molecule has 1 N–H and O–H groups in total. The Hall–Kier alpha value is -1.16. The molecular weight excluding hydrogens is 254 g/mol. The predicted molar refractivity (Wildman–Crippen MR) is 69.0 cm³/mol. The van der Waals surface area contributed by atoms with Crippen LogP contribution in [-0.2, 0) is 4.79 Å². The largest absolute Gasteiger partial charge is 1.00 e. The van der Waals surface area contributed by atoms with E-state index in [1.807, 2.05) is 30.3 Å². The number of hydrogen-bond acceptors (Lipinski definition) is 1. The molecule has 0 bridgehead atoms. The van der Waals surface area contributed by atoms with Gasteiger partial charge < -0.3 is 6.53 Å². The van der Waals surface area contributed by atoms with Crippen molar-refractivity contribution >= 4 is 5.97 Å². The van der Waals surface area contributed by atoms with E-state index in [-0.39, 0.29) is 31.0 Å². The van der Waals surface area contributed by atoms with Crippen LogP contribution in [0.3, 0.4) is 0 Å². The molecule has 0 saturated carbocycles. The summed E-state index contributed by atoms with van der Waals surface area (Å²) < 4.78 is 14.0. The summed E-state index contributed by atoms with van der Waals surface area (Å²) in [5.74, 6) is -2.06. The minimum Gasteiger partial charge on any atom is -1.00 e. The van der Waals surface area contributed by atoms with Crippen LogP contribution in [0.1, 0.15) is 19.8 Å². The second-order valence-electron chi connectivity index (χ2n) is 4.17. The molecule has 0 saturated heterocycles. The van der Waals surface area contributed by atoms with E-state index < -0.39 is 17.7 Å². The first-order valence-corrected chi connectivity index (χ1v) is 5.67. The zero-order chi connectivity index (χ0) is 13.1. The maximum atomic E-state index is 14.0. The van der Waals surface area contributed by atoms with Gasteiger partial charge in [0.2, 0.25) is 0 Å². The number of halogens is 1. The van der Waals surface area contributed by atoms with Crippen LogP contribution in [0.2, 0.25) is 0 Å². The fraction of sp³-hybridized carbons (Fsp3) is 0.133. The summed E-state index contributed by atoms with van der Waals surface area (Å²) >= 11 is 0.